The van der Waals surface area contributed by atoms with E-state index in [0.29, 0.717) is 24.9 Å². The van der Waals surface area contributed by atoms with Crippen LogP contribution in [0, 0.1) is 0 Å². The van der Waals surface area contributed by atoms with Crippen molar-refractivity contribution in [3.05, 3.63) is 77.0 Å². The summed E-state index contributed by atoms with van der Waals surface area (Å²) < 4.78 is 5.25. The molecular weight excluding hydrogens is 444 g/mol. The van der Waals surface area contributed by atoms with E-state index in [1.165, 1.54) is 0 Å². The van der Waals surface area contributed by atoms with Crippen LogP contribution in [-0.2, 0) is 19.5 Å². The van der Waals surface area contributed by atoms with E-state index in [0.717, 1.165) is 47.2 Å². The molecular formula is C24H26N10O. The summed E-state index contributed by atoms with van der Waals surface area (Å²) in [6.07, 6.45) is 9.88. The average Bonchev–Trinajstić information content (AvgIpc) is 3.65. The van der Waals surface area contributed by atoms with Gasteiger partial charge in [-0.25, -0.2) is 14.5 Å². The molecule has 4 aromatic heterocycles. The largest absolute Gasteiger partial charge is 0.335 e. The highest BCUT2D eigenvalue weighted by Crippen LogP contribution is 2.32. The quantitative estimate of drug-likeness (QED) is 0.351. The summed E-state index contributed by atoms with van der Waals surface area (Å²) in [6, 6.07) is 9.86. The van der Waals surface area contributed by atoms with Gasteiger partial charge in [0, 0.05) is 36.4 Å². The molecule has 1 aromatic carbocycles. The molecule has 0 bridgehead atoms. The Morgan fingerprint density at radius 2 is 1.89 bits per heavy atom. The van der Waals surface area contributed by atoms with Crippen LogP contribution in [0.1, 0.15) is 37.9 Å². The number of unbranched alkanes of at least 4 members (excludes halogenated alkanes) is 1. The first-order valence-electron chi connectivity index (χ1n) is 11.7. The monoisotopic (exact) mass is 470 g/mol. The van der Waals surface area contributed by atoms with Crippen LogP contribution in [-0.4, -0.2) is 49.5 Å². The van der Waals surface area contributed by atoms with Crippen LogP contribution in [0.15, 0.2) is 60.0 Å². The highest BCUT2D eigenvalue weighted by Gasteiger charge is 2.19. The zero-order valence-electron chi connectivity index (χ0n) is 19.7. The molecule has 0 aliphatic carbocycles. The van der Waals surface area contributed by atoms with Gasteiger partial charge >= 0.3 is 5.69 Å². The summed E-state index contributed by atoms with van der Waals surface area (Å²) in [5.74, 6) is 1.10. The lowest BCUT2D eigenvalue weighted by Crippen LogP contribution is -2.26. The Hall–Kier alpha value is -4.41. The van der Waals surface area contributed by atoms with Crippen molar-refractivity contribution in [2.75, 3.05) is 0 Å². The molecule has 0 aliphatic heterocycles. The number of pyridine rings is 1. The maximum absolute atomic E-state index is 13.6. The van der Waals surface area contributed by atoms with E-state index in [4.69, 9.17) is 0 Å². The number of imidazole rings is 1. The van der Waals surface area contributed by atoms with E-state index >= 15 is 0 Å². The summed E-state index contributed by atoms with van der Waals surface area (Å²) in [7, 11) is 0. The molecule has 1 N–H and O–H groups in total. The number of nitrogens with one attached hydrogen (secondary N) is 1. The van der Waals surface area contributed by atoms with Crippen LogP contribution < -0.4 is 5.69 Å². The summed E-state index contributed by atoms with van der Waals surface area (Å²) in [4.78, 5) is 18.0. The van der Waals surface area contributed by atoms with Crippen molar-refractivity contribution in [2.45, 2.75) is 46.2 Å². The van der Waals surface area contributed by atoms with Gasteiger partial charge in [-0.3, -0.25) is 14.1 Å². The average molecular weight is 471 g/mol. The van der Waals surface area contributed by atoms with Crippen molar-refractivity contribution < 1.29 is 0 Å². The van der Waals surface area contributed by atoms with Crippen LogP contribution in [0.2, 0.25) is 0 Å². The molecule has 0 spiro atoms. The molecule has 35 heavy (non-hydrogen) atoms. The second-order valence-corrected chi connectivity index (χ2v) is 8.21. The number of rotatable bonds is 9. The van der Waals surface area contributed by atoms with E-state index in [-0.39, 0.29) is 5.69 Å². The zero-order chi connectivity index (χ0) is 24.2. The molecule has 11 nitrogen and oxygen atoms in total. The van der Waals surface area contributed by atoms with Gasteiger partial charge in [0.2, 0.25) is 5.95 Å². The molecule has 5 rings (SSSR count). The van der Waals surface area contributed by atoms with Gasteiger partial charge in [0.25, 0.3) is 0 Å². The van der Waals surface area contributed by atoms with Gasteiger partial charge in [0.05, 0.1) is 6.54 Å². The molecule has 0 atom stereocenters. The van der Waals surface area contributed by atoms with Crippen molar-refractivity contribution in [1.29, 1.82) is 0 Å². The predicted molar refractivity (Wildman–Crippen MR) is 130 cm³/mol. The number of hydrogen-bond acceptors (Lipinski definition) is 7. The molecule has 0 saturated carbocycles. The SMILES string of the molecule is CCCCc1cn(-c2nncn2CC)c(=O)n1Cc1cnccc1-c1ccccc1-c1nnn[nH]1. The first-order chi connectivity index (χ1) is 17.2. The Kier molecular flexibility index (Phi) is 6.29. The second kappa shape index (κ2) is 9.84. The molecule has 0 saturated heterocycles. The Morgan fingerprint density at radius 3 is 2.66 bits per heavy atom. The van der Waals surface area contributed by atoms with Gasteiger partial charge < -0.3 is 0 Å². The predicted octanol–water partition coefficient (Wildman–Crippen LogP) is 2.88. The molecule has 0 unspecified atom stereocenters. The molecule has 0 aliphatic rings. The topological polar surface area (TPSA) is 125 Å². The van der Waals surface area contributed by atoms with Crippen LogP contribution >= 0.6 is 0 Å². The highest BCUT2D eigenvalue weighted by molar-refractivity contribution is 5.81. The Bertz CT molecular complexity index is 1480. The molecule has 178 valence electrons. The zero-order valence-corrected chi connectivity index (χ0v) is 19.7. The molecule has 0 fully saturated rings. The number of benzene rings is 1. The van der Waals surface area contributed by atoms with Crippen molar-refractivity contribution in [2.24, 2.45) is 0 Å². The van der Waals surface area contributed by atoms with Gasteiger partial charge in [-0.15, -0.1) is 15.3 Å². The standard InChI is InChI=1S/C24H26N10O/c1-3-5-8-18-15-34(23-29-26-16-32(23)4-2)24(35)33(18)14-17-13-25-12-11-19(17)20-9-6-7-10-21(20)22-27-30-31-28-22/h6-7,9-13,15-16H,3-5,8,14H2,1-2H3,(H,27,28,30,31). The molecule has 0 radical (unpaired) electrons. The number of aromatic amines is 1. The Balaban J connectivity index is 1.61. The maximum atomic E-state index is 13.6. The van der Waals surface area contributed by atoms with Crippen LogP contribution in [0.4, 0.5) is 0 Å². The first kappa shape index (κ1) is 22.4. The summed E-state index contributed by atoms with van der Waals surface area (Å²) in [6.45, 7) is 5.18. The Morgan fingerprint density at radius 1 is 1.03 bits per heavy atom. The van der Waals surface area contributed by atoms with Crippen LogP contribution in [0.5, 0.6) is 0 Å². The molecule has 4 heterocycles. The van der Waals surface area contributed by atoms with Crippen LogP contribution in [0.3, 0.4) is 0 Å². The summed E-state index contributed by atoms with van der Waals surface area (Å²) in [5.41, 5.74) is 4.51. The normalized spacial score (nSPS) is 11.3. The lowest BCUT2D eigenvalue weighted by molar-refractivity contribution is 0.660. The third-order valence-electron chi connectivity index (χ3n) is 6.05. The third-order valence-corrected chi connectivity index (χ3v) is 6.05. The van der Waals surface area contributed by atoms with E-state index < -0.39 is 0 Å². The second-order valence-electron chi connectivity index (χ2n) is 8.21. The van der Waals surface area contributed by atoms with E-state index in [1.807, 2.05) is 58.8 Å². The van der Waals surface area contributed by atoms with Crippen LogP contribution in [0.25, 0.3) is 28.5 Å². The van der Waals surface area contributed by atoms with Gasteiger partial charge in [0.1, 0.15) is 6.33 Å². The first-order valence-corrected chi connectivity index (χ1v) is 11.7. The van der Waals surface area contributed by atoms with Gasteiger partial charge in [-0.1, -0.05) is 37.6 Å². The summed E-state index contributed by atoms with van der Waals surface area (Å²) >= 11 is 0. The molecule has 11 heteroatoms. The fourth-order valence-corrected chi connectivity index (χ4v) is 4.24. The minimum absolute atomic E-state index is 0.152. The molecule has 5 aromatic rings. The Labute approximate surface area is 201 Å². The van der Waals surface area contributed by atoms with Gasteiger partial charge in [-0.2, -0.15) is 0 Å². The fourth-order valence-electron chi connectivity index (χ4n) is 4.24. The maximum Gasteiger partial charge on any atom is 0.335 e. The lowest BCUT2D eigenvalue weighted by atomic mass is 9.96. The van der Waals surface area contributed by atoms with E-state index in [9.17, 15) is 4.79 Å². The fraction of sp³-hybridized carbons (Fsp3) is 0.292. The van der Waals surface area contributed by atoms with E-state index in [1.54, 1.807) is 17.1 Å². The highest BCUT2D eigenvalue weighted by atomic mass is 16.2. The summed E-state index contributed by atoms with van der Waals surface area (Å²) in [5, 5.41) is 22.6. The van der Waals surface area contributed by atoms with Crippen molar-refractivity contribution in [1.82, 2.24) is 49.5 Å². The van der Waals surface area contributed by atoms with Gasteiger partial charge in [-0.05, 0) is 52.9 Å². The number of nitrogens with zero attached hydrogens (tertiary/aromatic N) is 9. The minimum atomic E-state index is -0.152. The molecule has 0 amide bonds. The van der Waals surface area contributed by atoms with Crippen molar-refractivity contribution >= 4 is 0 Å². The van der Waals surface area contributed by atoms with Gasteiger partial charge in [0.15, 0.2) is 5.82 Å². The number of H-pyrrole nitrogens is 1. The number of hydrogen-bond donors (Lipinski definition) is 1. The van der Waals surface area contributed by atoms with E-state index in [2.05, 4.69) is 42.7 Å². The third kappa shape index (κ3) is 4.27. The number of tetrazole rings is 1. The number of aryl methyl sites for hydroxylation is 2. The van der Waals surface area contributed by atoms with Crippen molar-refractivity contribution in [3.8, 4) is 28.5 Å². The minimum Gasteiger partial charge on any atom is -0.299 e. The lowest BCUT2D eigenvalue weighted by Gasteiger charge is -2.14. The smallest absolute Gasteiger partial charge is 0.299 e. The number of aromatic nitrogens is 10. The van der Waals surface area contributed by atoms with Crippen molar-refractivity contribution in [3.63, 3.8) is 0 Å².